The van der Waals surface area contributed by atoms with Crippen LogP contribution in [-0.4, -0.2) is 43.7 Å². The topological polar surface area (TPSA) is 24.5 Å². The number of piperidine rings is 1. The first kappa shape index (κ1) is 14.9. The van der Waals surface area contributed by atoms with E-state index in [2.05, 4.69) is 28.4 Å². The van der Waals surface area contributed by atoms with Gasteiger partial charge in [-0.05, 0) is 75.9 Å². The largest absolute Gasteiger partial charge is 0.497 e. The number of rotatable bonds is 6. The molecule has 2 saturated heterocycles. The molecule has 0 aliphatic carbocycles. The van der Waals surface area contributed by atoms with Crippen molar-refractivity contribution in [1.29, 1.82) is 0 Å². The number of hydrogen-bond acceptors (Lipinski definition) is 3. The van der Waals surface area contributed by atoms with Crippen LogP contribution in [0.3, 0.4) is 0 Å². The van der Waals surface area contributed by atoms with Gasteiger partial charge in [-0.25, -0.2) is 0 Å². The normalized spacial score (nSPS) is 25.8. The van der Waals surface area contributed by atoms with Gasteiger partial charge < -0.3 is 15.0 Å². The molecule has 3 heteroatoms. The number of ether oxygens (including phenoxy) is 1. The monoisotopic (exact) mass is 288 g/mol. The van der Waals surface area contributed by atoms with Gasteiger partial charge >= 0.3 is 0 Å². The summed E-state index contributed by atoms with van der Waals surface area (Å²) in [5.74, 6) is 0.967. The van der Waals surface area contributed by atoms with Gasteiger partial charge in [-0.3, -0.25) is 0 Å². The second-order valence-electron chi connectivity index (χ2n) is 6.46. The molecule has 2 atom stereocenters. The molecule has 2 heterocycles. The van der Waals surface area contributed by atoms with Gasteiger partial charge in [0.15, 0.2) is 0 Å². The van der Waals surface area contributed by atoms with E-state index in [9.17, 15) is 0 Å². The number of nitrogens with one attached hydrogen (secondary N) is 1. The van der Waals surface area contributed by atoms with Crippen LogP contribution in [0.15, 0.2) is 24.3 Å². The van der Waals surface area contributed by atoms with Gasteiger partial charge in [0.2, 0.25) is 0 Å². The zero-order chi connectivity index (χ0) is 14.5. The van der Waals surface area contributed by atoms with Gasteiger partial charge in [-0.1, -0.05) is 12.1 Å². The second-order valence-corrected chi connectivity index (χ2v) is 6.46. The summed E-state index contributed by atoms with van der Waals surface area (Å²) in [6, 6.07) is 10.1. The number of hydrogen-bond donors (Lipinski definition) is 1. The van der Waals surface area contributed by atoms with Crippen LogP contribution in [-0.2, 0) is 6.42 Å². The van der Waals surface area contributed by atoms with Crippen LogP contribution < -0.4 is 10.1 Å². The second kappa shape index (κ2) is 7.28. The Morgan fingerprint density at radius 2 is 2.24 bits per heavy atom. The van der Waals surface area contributed by atoms with Gasteiger partial charge in [-0.15, -0.1) is 0 Å². The van der Waals surface area contributed by atoms with Crippen molar-refractivity contribution in [3.63, 3.8) is 0 Å². The Morgan fingerprint density at radius 1 is 1.29 bits per heavy atom. The lowest BCUT2D eigenvalue weighted by Crippen LogP contribution is -2.45. The molecule has 0 bridgehead atoms. The first-order valence-corrected chi connectivity index (χ1v) is 8.45. The number of benzene rings is 1. The Balaban J connectivity index is 1.36. The van der Waals surface area contributed by atoms with Crippen LogP contribution in [0, 0.1) is 0 Å². The summed E-state index contributed by atoms with van der Waals surface area (Å²) in [5, 5.41) is 3.78. The van der Waals surface area contributed by atoms with Crippen LogP contribution in [0.2, 0.25) is 0 Å². The molecule has 0 unspecified atom stereocenters. The van der Waals surface area contributed by atoms with Crippen molar-refractivity contribution in [3.8, 4) is 5.75 Å². The summed E-state index contributed by atoms with van der Waals surface area (Å²) < 4.78 is 5.28. The fourth-order valence-corrected chi connectivity index (χ4v) is 3.84. The van der Waals surface area contributed by atoms with E-state index in [0.29, 0.717) is 0 Å². The molecule has 0 aromatic heterocycles. The van der Waals surface area contributed by atoms with Crippen molar-refractivity contribution in [2.75, 3.05) is 26.7 Å². The molecule has 1 aromatic carbocycles. The lowest BCUT2D eigenvalue weighted by Gasteiger charge is -2.35. The molecule has 116 valence electrons. The maximum Gasteiger partial charge on any atom is 0.119 e. The Labute approximate surface area is 128 Å². The van der Waals surface area contributed by atoms with Crippen LogP contribution in [0.25, 0.3) is 0 Å². The minimum atomic E-state index is 0.745. The number of aryl methyl sites for hydroxylation is 1. The fraction of sp³-hybridized carbons (Fsp3) is 0.667. The van der Waals surface area contributed by atoms with E-state index in [1.165, 1.54) is 50.8 Å². The smallest absolute Gasteiger partial charge is 0.119 e. The average molecular weight is 288 g/mol. The molecular formula is C18H28N2O. The van der Waals surface area contributed by atoms with Gasteiger partial charge in [0, 0.05) is 12.1 Å². The summed E-state index contributed by atoms with van der Waals surface area (Å²) in [6.07, 6.45) is 7.86. The van der Waals surface area contributed by atoms with Crippen molar-refractivity contribution in [2.24, 2.45) is 0 Å². The maximum atomic E-state index is 5.28. The van der Waals surface area contributed by atoms with Crippen LogP contribution in [0.4, 0.5) is 0 Å². The average Bonchev–Trinajstić information content (AvgIpc) is 2.99. The molecule has 21 heavy (non-hydrogen) atoms. The number of methoxy groups -OCH3 is 1. The summed E-state index contributed by atoms with van der Waals surface area (Å²) >= 11 is 0. The predicted octanol–water partition coefficient (Wildman–Crippen LogP) is 2.84. The van der Waals surface area contributed by atoms with Crippen molar-refractivity contribution in [2.45, 2.75) is 50.6 Å². The molecule has 0 spiro atoms. The summed E-state index contributed by atoms with van der Waals surface area (Å²) in [7, 11) is 1.73. The van der Waals surface area contributed by atoms with E-state index in [4.69, 9.17) is 4.74 Å². The minimum absolute atomic E-state index is 0.745. The van der Waals surface area contributed by atoms with Crippen LogP contribution >= 0.6 is 0 Å². The van der Waals surface area contributed by atoms with E-state index < -0.39 is 0 Å². The van der Waals surface area contributed by atoms with Gasteiger partial charge in [0.1, 0.15) is 5.75 Å². The van der Waals surface area contributed by atoms with E-state index in [1.54, 1.807) is 7.11 Å². The number of nitrogens with zero attached hydrogens (tertiary/aromatic N) is 1. The summed E-state index contributed by atoms with van der Waals surface area (Å²) in [4.78, 5) is 2.69. The molecule has 0 amide bonds. The third kappa shape index (κ3) is 3.98. The molecule has 3 nitrogen and oxygen atoms in total. The molecular weight excluding hydrogens is 260 g/mol. The Bertz CT molecular complexity index is 449. The molecule has 3 rings (SSSR count). The van der Waals surface area contributed by atoms with Crippen molar-refractivity contribution >= 4 is 0 Å². The fourth-order valence-electron chi connectivity index (χ4n) is 3.84. The highest BCUT2D eigenvalue weighted by molar-refractivity contribution is 5.28. The maximum absolute atomic E-state index is 5.28. The van der Waals surface area contributed by atoms with Crippen molar-refractivity contribution in [3.05, 3.63) is 29.8 Å². The molecule has 2 aliphatic rings. The molecule has 0 saturated carbocycles. The van der Waals surface area contributed by atoms with Crippen molar-refractivity contribution in [1.82, 2.24) is 10.2 Å². The van der Waals surface area contributed by atoms with Crippen LogP contribution in [0.5, 0.6) is 5.75 Å². The minimum Gasteiger partial charge on any atom is -0.497 e. The van der Waals surface area contributed by atoms with Crippen LogP contribution in [0.1, 0.15) is 37.7 Å². The third-order valence-electron chi connectivity index (χ3n) is 5.03. The molecule has 0 radical (unpaired) electrons. The molecule has 1 aromatic rings. The zero-order valence-electron chi connectivity index (χ0n) is 13.2. The van der Waals surface area contributed by atoms with Gasteiger partial charge in [0.05, 0.1) is 7.11 Å². The standard InChI is InChI=1S/C18H28N2O/c1-21-18-8-2-5-15(13-18)6-3-10-19-16-9-12-20-11-4-7-17(20)14-16/h2,5,8,13,16-17,19H,3-4,6-7,9-12,14H2,1H3/t16-,17-/m1/s1. The van der Waals surface area contributed by atoms with E-state index in [0.717, 1.165) is 30.8 Å². The highest BCUT2D eigenvalue weighted by Gasteiger charge is 2.31. The highest BCUT2D eigenvalue weighted by atomic mass is 16.5. The number of fused-ring (bicyclic) bond motifs is 1. The Kier molecular flexibility index (Phi) is 5.15. The molecule has 1 N–H and O–H groups in total. The quantitative estimate of drug-likeness (QED) is 0.815. The lowest BCUT2D eigenvalue weighted by atomic mass is 9.97. The first-order chi connectivity index (χ1) is 10.3. The van der Waals surface area contributed by atoms with Gasteiger partial charge in [-0.2, -0.15) is 0 Å². The Hall–Kier alpha value is -1.06. The third-order valence-corrected chi connectivity index (χ3v) is 5.03. The van der Waals surface area contributed by atoms with E-state index in [1.807, 2.05) is 6.07 Å². The summed E-state index contributed by atoms with van der Waals surface area (Å²) in [5.41, 5.74) is 1.38. The van der Waals surface area contributed by atoms with E-state index >= 15 is 0 Å². The predicted molar refractivity (Wildman–Crippen MR) is 86.9 cm³/mol. The first-order valence-electron chi connectivity index (χ1n) is 8.45. The van der Waals surface area contributed by atoms with Gasteiger partial charge in [0.25, 0.3) is 0 Å². The Morgan fingerprint density at radius 3 is 3.14 bits per heavy atom. The lowest BCUT2D eigenvalue weighted by molar-refractivity contribution is 0.167. The van der Waals surface area contributed by atoms with E-state index in [-0.39, 0.29) is 0 Å². The zero-order valence-corrected chi connectivity index (χ0v) is 13.2. The molecule has 2 fully saturated rings. The molecule has 2 aliphatic heterocycles. The SMILES string of the molecule is COc1cccc(CCCN[C@@H]2CCN3CCC[C@@H]3C2)c1. The summed E-state index contributed by atoms with van der Waals surface area (Å²) in [6.45, 7) is 3.78. The highest BCUT2D eigenvalue weighted by Crippen LogP contribution is 2.26. The van der Waals surface area contributed by atoms with Crippen molar-refractivity contribution < 1.29 is 4.74 Å².